The third kappa shape index (κ3) is 2.95. The molecule has 7 heteroatoms. The van der Waals surface area contributed by atoms with Gasteiger partial charge in [-0.3, -0.25) is 4.79 Å². The van der Waals surface area contributed by atoms with Crippen molar-refractivity contribution in [2.24, 2.45) is 0 Å². The number of hydrogen-bond acceptors (Lipinski definition) is 6. The minimum absolute atomic E-state index is 0.0863. The van der Waals surface area contributed by atoms with Crippen LogP contribution in [0.5, 0.6) is 0 Å². The predicted octanol–water partition coefficient (Wildman–Crippen LogP) is 1.23. The molecule has 0 bridgehead atoms. The van der Waals surface area contributed by atoms with E-state index in [0.717, 1.165) is 22.7 Å². The number of esters is 1. The van der Waals surface area contributed by atoms with Crippen LogP contribution in [0.4, 0.5) is 5.69 Å². The molecule has 2 rings (SSSR count). The third-order valence-electron chi connectivity index (χ3n) is 2.21. The van der Waals surface area contributed by atoms with E-state index < -0.39 is 5.97 Å². The van der Waals surface area contributed by atoms with Crippen molar-refractivity contribution in [3.63, 3.8) is 0 Å². The van der Waals surface area contributed by atoms with Gasteiger partial charge < -0.3 is 15.0 Å². The SMILES string of the molecule is COC(=O)c1cc(NCc2csc(=O)[nH]2)ccn1. The van der Waals surface area contributed by atoms with Crippen LogP contribution in [0.15, 0.2) is 28.5 Å². The molecule has 0 aromatic carbocycles. The molecule has 0 saturated heterocycles. The number of hydrogen-bond donors (Lipinski definition) is 2. The topological polar surface area (TPSA) is 84.1 Å². The molecule has 0 unspecified atom stereocenters. The summed E-state index contributed by atoms with van der Waals surface area (Å²) in [5, 5.41) is 4.83. The predicted molar refractivity (Wildman–Crippen MR) is 67.8 cm³/mol. The van der Waals surface area contributed by atoms with Gasteiger partial charge in [0.05, 0.1) is 13.7 Å². The Morgan fingerprint density at radius 1 is 1.61 bits per heavy atom. The van der Waals surface area contributed by atoms with Gasteiger partial charge in [-0.2, -0.15) is 0 Å². The Kier molecular flexibility index (Phi) is 3.73. The normalized spacial score (nSPS) is 10.1. The van der Waals surface area contributed by atoms with Crippen LogP contribution in [0.1, 0.15) is 16.2 Å². The second kappa shape index (κ2) is 5.46. The highest BCUT2D eigenvalue weighted by atomic mass is 32.1. The average Bonchev–Trinajstić information content (AvgIpc) is 2.81. The number of anilines is 1. The van der Waals surface area contributed by atoms with E-state index >= 15 is 0 Å². The molecule has 0 radical (unpaired) electrons. The summed E-state index contributed by atoms with van der Waals surface area (Å²) in [5.41, 5.74) is 1.76. The quantitative estimate of drug-likeness (QED) is 0.812. The van der Waals surface area contributed by atoms with Gasteiger partial charge in [0.2, 0.25) is 0 Å². The van der Waals surface area contributed by atoms with Crippen molar-refractivity contribution in [3.8, 4) is 0 Å². The first-order chi connectivity index (χ1) is 8.69. The second-order valence-corrected chi connectivity index (χ2v) is 4.29. The van der Waals surface area contributed by atoms with Gasteiger partial charge in [0.15, 0.2) is 0 Å². The van der Waals surface area contributed by atoms with Gasteiger partial charge in [0.25, 0.3) is 0 Å². The van der Waals surface area contributed by atoms with Crippen molar-refractivity contribution in [2.45, 2.75) is 6.54 Å². The number of methoxy groups -OCH3 is 1. The first kappa shape index (κ1) is 12.3. The number of carbonyl (C=O) groups is 1. The Balaban J connectivity index is 2.05. The van der Waals surface area contributed by atoms with E-state index in [1.54, 1.807) is 17.5 Å². The molecule has 2 aromatic heterocycles. The highest BCUT2D eigenvalue weighted by molar-refractivity contribution is 7.07. The molecule has 0 amide bonds. The lowest BCUT2D eigenvalue weighted by atomic mass is 10.3. The Morgan fingerprint density at radius 3 is 3.11 bits per heavy atom. The minimum Gasteiger partial charge on any atom is -0.464 e. The van der Waals surface area contributed by atoms with Gasteiger partial charge in [-0.25, -0.2) is 9.78 Å². The summed E-state index contributed by atoms with van der Waals surface area (Å²) in [5.74, 6) is -0.484. The second-order valence-electron chi connectivity index (χ2n) is 3.45. The van der Waals surface area contributed by atoms with Gasteiger partial charge >= 0.3 is 10.8 Å². The largest absolute Gasteiger partial charge is 0.464 e. The van der Waals surface area contributed by atoms with Gasteiger partial charge in [-0.05, 0) is 12.1 Å². The molecule has 0 aliphatic heterocycles. The fourth-order valence-corrected chi connectivity index (χ4v) is 1.94. The lowest BCUT2D eigenvalue weighted by Gasteiger charge is -2.05. The molecule has 18 heavy (non-hydrogen) atoms. The van der Waals surface area contributed by atoms with Gasteiger partial charge in [0.1, 0.15) is 5.69 Å². The average molecular weight is 265 g/mol. The smallest absolute Gasteiger partial charge is 0.356 e. The molecule has 0 aliphatic carbocycles. The van der Waals surface area contributed by atoms with Crippen LogP contribution in [0, 0.1) is 0 Å². The zero-order valence-electron chi connectivity index (χ0n) is 9.60. The maximum absolute atomic E-state index is 11.3. The molecule has 0 atom stereocenters. The van der Waals surface area contributed by atoms with E-state index in [1.807, 2.05) is 0 Å². The summed E-state index contributed by atoms with van der Waals surface area (Å²) < 4.78 is 4.58. The van der Waals surface area contributed by atoms with Crippen molar-refractivity contribution in [2.75, 3.05) is 12.4 Å². The van der Waals surface area contributed by atoms with E-state index in [-0.39, 0.29) is 10.6 Å². The number of ether oxygens (including phenoxy) is 1. The van der Waals surface area contributed by atoms with Crippen molar-refractivity contribution in [3.05, 3.63) is 44.8 Å². The number of rotatable bonds is 4. The number of aromatic nitrogens is 2. The minimum atomic E-state index is -0.484. The summed E-state index contributed by atoms with van der Waals surface area (Å²) >= 11 is 1.11. The van der Waals surface area contributed by atoms with Crippen molar-refractivity contribution in [1.82, 2.24) is 9.97 Å². The van der Waals surface area contributed by atoms with Crippen LogP contribution >= 0.6 is 11.3 Å². The lowest BCUT2D eigenvalue weighted by molar-refractivity contribution is 0.0594. The maximum atomic E-state index is 11.3. The van der Waals surface area contributed by atoms with Crippen LogP contribution in [-0.2, 0) is 11.3 Å². The molecule has 0 saturated carbocycles. The van der Waals surface area contributed by atoms with Crippen molar-refractivity contribution in [1.29, 1.82) is 0 Å². The fourth-order valence-electron chi connectivity index (χ4n) is 1.35. The molecule has 0 aliphatic rings. The summed E-state index contributed by atoms with van der Waals surface area (Å²) in [4.78, 5) is 28.7. The summed E-state index contributed by atoms with van der Waals surface area (Å²) in [7, 11) is 1.31. The Labute approximate surface area is 107 Å². The Bertz CT molecular complexity index is 605. The third-order valence-corrected chi connectivity index (χ3v) is 2.93. The molecule has 2 aromatic rings. The first-order valence-electron chi connectivity index (χ1n) is 5.14. The molecule has 6 nitrogen and oxygen atoms in total. The van der Waals surface area contributed by atoms with Crippen LogP contribution in [0.3, 0.4) is 0 Å². The summed E-state index contributed by atoms with van der Waals surface area (Å²) in [6.45, 7) is 0.476. The number of nitrogens with one attached hydrogen (secondary N) is 2. The van der Waals surface area contributed by atoms with Crippen LogP contribution < -0.4 is 10.2 Å². The van der Waals surface area contributed by atoms with Crippen molar-refractivity contribution < 1.29 is 9.53 Å². The number of aromatic amines is 1. The standard InChI is InChI=1S/C11H11N3O3S/c1-17-10(15)9-4-7(2-3-12-9)13-5-8-6-18-11(16)14-8/h2-4,6H,5H2,1H3,(H,12,13)(H,14,16). The molecular formula is C11H11N3O3S. The maximum Gasteiger partial charge on any atom is 0.356 e. The number of carbonyl (C=O) groups excluding carboxylic acids is 1. The zero-order chi connectivity index (χ0) is 13.0. The molecule has 2 heterocycles. The van der Waals surface area contributed by atoms with E-state index in [9.17, 15) is 9.59 Å². The zero-order valence-corrected chi connectivity index (χ0v) is 10.4. The molecule has 94 valence electrons. The fraction of sp³-hybridized carbons (Fsp3) is 0.182. The Hall–Kier alpha value is -2.15. The summed E-state index contributed by atoms with van der Waals surface area (Å²) in [6.07, 6.45) is 1.52. The van der Waals surface area contributed by atoms with Gasteiger partial charge in [-0.15, -0.1) is 0 Å². The molecule has 0 spiro atoms. The van der Waals surface area contributed by atoms with Crippen LogP contribution in [0.2, 0.25) is 0 Å². The van der Waals surface area contributed by atoms with Crippen LogP contribution in [-0.4, -0.2) is 23.0 Å². The summed E-state index contributed by atoms with van der Waals surface area (Å²) in [6, 6.07) is 3.33. The monoisotopic (exact) mass is 265 g/mol. The van der Waals surface area contributed by atoms with Gasteiger partial charge in [0, 0.05) is 23.0 Å². The van der Waals surface area contributed by atoms with Crippen molar-refractivity contribution >= 4 is 23.0 Å². The number of thiazole rings is 1. The number of nitrogens with zero attached hydrogens (tertiary/aromatic N) is 1. The molecular weight excluding hydrogens is 254 g/mol. The van der Waals surface area contributed by atoms with E-state index in [4.69, 9.17) is 0 Å². The van der Waals surface area contributed by atoms with E-state index in [1.165, 1.54) is 13.3 Å². The number of H-pyrrole nitrogens is 1. The number of pyridine rings is 1. The highest BCUT2D eigenvalue weighted by Gasteiger charge is 2.07. The lowest BCUT2D eigenvalue weighted by Crippen LogP contribution is -2.06. The Morgan fingerprint density at radius 2 is 2.44 bits per heavy atom. The molecule has 2 N–H and O–H groups in total. The van der Waals surface area contributed by atoms with Crippen LogP contribution in [0.25, 0.3) is 0 Å². The molecule has 0 fully saturated rings. The first-order valence-corrected chi connectivity index (χ1v) is 6.02. The van der Waals surface area contributed by atoms with E-state index in [0.29, 0.717) is 6.54 Å². The highest BCUT2D eigenvalue weighted by Crippen LogP contribution is 2.10. The van der Waals surface area contributed by atoms with E-state index in [2.05, 4.69) is 20.0 Å². The van der Waals surface area contributed by atoms with Gasteiger partial charge in [-0.1, -0.05) is 11.3 Å².